The Hall–Kier alpha value is -2.17. The highest BCUT2D eigenvalue weighted by atomic mass is 16.4. The summed E-state index contributed by atoms with van der Waals surface area (Å²) in [6.07, 6.45) is 8.10. The van der Waals surface area contributed by atoms with Crippen molar-refractivity contribution in [2.75, 3.05) is 13.1 Å². The van der Waals surface area contributed by atoms with Crippen molar-refractivity contribution in [3.05, 3.63) is 47.2 Å². The minimum absolute atomic E-state index is 0.135. The molecule has 1 aromatic carbocycles. The maximum absolute atomic E-state index is 13.0. The van der Waals surface area contributed by atoms with E-state index in [2.05, 4.69) is 39.4 Å². The van der Waals surface area contributed by atoms with Gasteiger partial charge in [-0.2, -0.15) is 0 Å². The summed E-state index contributed by atoms with van der Waals surface area (Å²) in [5.41, 5.74) is 3.11. The molecule has 2 aromatic rings. The van der Waals surface area contributed by atoms with Crippen molar-refractivity contribution < 1.29 is 9.21 Å². The van der Waals surface area contributed by atoms with Crippen LogP contribution < -0.4 is 0 Å². The number of aromatic nitrogens is 2. The van der Waals surface area contributed by atoms with Crippen LogP contribution in [0.25, 0.3) is 0 Å². The number of aryl methyl sites for hydroxylation is 2. The second kappa shape index (κ2) is 8.06. The van der Waals surface area contributed by atoms with Gasteiger partial charge in [0.05, 0.1) is 0 Å². The molecule has 150 valence electrons. The molecule has 28 heavy (non-hydrogen) atoms. The Morgan fingerprint density at radius 1 is 1.18 bits per heavy atom. The van der Waals surface area contributed by atoms with Crippen LogP contribution >= 0.6 is 0 Å². The van der Waals surface area contributed by atoms with Gasteiger partial charge in [0.15, 0.2) is 0 Å². The van der Waals surface area contributed by atoms with Crippen LogP contribution in [0.5, 0.6) is 0 Å². The molecular weight excluding hydrogens is 350 g/mol. The van der Waals surface area contributed by atoms with Crippen molar-refractivity contribution in [2.24, 2.45) is 0 Å². The van der Waals surface area contributed by atoms with E-state index < -0.39 is 0 Å². The van der Waals surface area contributed by atoms with Gasteiger partial charge in [0.1, 0.15) is 0 Å². The van der Waals surface area contributed by atoms with Gasteiger partial charge in [-0.3, -0.25) is 4.79 Å². The van der Waals surface area contributed by atoms with Crippen LogP contribution in [0.2, 0.25) is 0 Å². The number of hydrogen-bond donors (Lipinski definition) is 0. The second-order valence-corrected chi connectivity index (χ2v) is 8.75. The number of piperidine rings is 1. The van der Waals surface area contributed by atoms with Crippen molar-refractivity contribution in [1.29, 1.82) is 0 Å². The zero-order valence-electron chi connectivity index (χ0n) is 17.1. The van der Waals surface area contributed by atoms with Crippen molar-refractivity contribution in [1.82, 2.24) is 15.1 Å². The highest BCUT2D eigenvalue weighted by Crippen LogP contribution is 2.42. The van der Waals surface area contributed by atoms with Gasteiger partial charge in [-0.25, -0.2) is 0 Å². The third-order valence-electron chi connectivity index (χ3n) is 6.40. The lowest BCUT2D eigenvalue weighted by Crippen LogP contribution is -2.48. The van der Waals surface area contributed by atoms with Crippen LogP contribution in [0.1, 0.15) is 81.2 Å². The fourth-order valence-corrected chi connectivity index (χ4v) is 4.91. The SMILES string of the molecule is CC(C)c1nnc(CCC(=O)N2CCCC3(CCCCc4ccccc43)C2)o1. The third-order valence-corrected chi connectivity index (χ3v) is 6.40. The third kappa shape index (κ3) is 3.85. The van der Waals surface area contributed by atoms with Crippen molar-refractivity contribution in [3.8, 4) is 0 Å². The Bertz CT molecular complexity index is 829. The number of rotatable bonds is 4. The van der Waals surface area contributed by atoms with E-state index in [1.54, 1.807) is 0 Å². The fraction of sp³-hybridized carbons (Fsp3) is 0.609. The van der Waals surface area contributed by atoms with Gasteiger partial charge in [0.2, 0.25) is 17.7 Å². The van der Waals surface area contributed by atoms with Crippen LogP contribution in [0.3, 0.4) is 0 Å². The minimum atomic E-state index is 0.135. The Labute approximate surface area is 167 Å². The van der Waals surface area contributed by atoms with Gasteiger partial charge in [0, 0.05) is 37.3 Å². The van der Waals surface area contributed by atoms with Crippen LogP contribution in [0.15, 0.2) is 28.7 Å². The first kappa shape index (κ1) is 19.2. The Balaban J connectivity index is 1.45. The molecular formula is C23H31N3O2. The van der Waals surface area contributed by atoms with E-state index in [0.29, 0.717) is 24.6 Å². The molecule has 1 unspecified atom stereocenters. The lowest BCUT2D eigenvalue weighted by atomic mass is 9.70. The van der Waals surface area contributed by atoms with Crippen LogP contribution in [0, 0.1) is 0 Å². The van der Waals surface area contributed by atoms with Gasteiger partial charge >= 0.3 is 0 Å². The molecule has 4 rings (SSSR count). The summed E-state index contributed by atoms with van der Waals surface area (Å²) in [4.78, 5) is 15.1. The number of amides is 1. The Morgan fingerprint density at radius 2 is 2.00 bits per heavy atom. The molecule has 0 N–H and O–H groups in total. The molecule has 1 aliphatic heterocycles. The number of fused-ring (bicyclic) bond motifs is 2. The first-order chi connectivity index (χ1) is 13.6. The van der Waals surface area contributed by atoms with Gasteiger partial charge in [-0.05, 0) is 43.2 Å². The van der Waals surface area contributed by atoms with Gasteiger partial charge in [-0.15, -0.1) is 10.2 Å². The molecule has 2 heterocycles. The Morgan fingerprint density at radius 3 is 2.82 bits per heavy atom. The van der Waals surface area contributed by atoms with Crippen molar-refractivity contribution in [3.63, 3.8) is 0 Å². The van der Waals surface area contributed by atoms with E-state index in [1.807, 2.05) is 13.8 Å². The summed E-state index contributed by atoms with van der Waals surface area (Å²) in [6.45, 7) is 5.77. The molecule has 5 heteroatoms. The highest BCUT2D eigenvalue weighted by Gasteiger charge is 2.40. The highest BCUT2D eigenvalue weighted by molar-refractivity contribution is 5.76. The van der Waals surface area contributed by atoms with Crippen LogP contribution in [-0.2, 0) is 23.1 Å². The summed E-state index contributed by atoms with van der Waals surface area (Å²) in [6, 6.07) is 8.90. The van der Waals surface area contributed by atoms with E-state index in [-0.39, 0.29) is 17.2 Å². The quantitative estimate of drug-likeness (QED) is 0.787. The molecule has 0 bridgehead atoms. The van der Waals surface area contributed by atoms with Crippen molar-refractivity contribution >= 4 is 5.91 Å². The largest absolute Gasteiger partial charge is 0.425 e. The normalized spacial score (nSPS) is 22.3. The maximum atomic E-state index is 13.0. The first-order valence-corrected chi connectivity index (χ1v) is 10.8. The van der Waals surface area contributed by atoms with Gasteiger partial charge in [0.25, 0.3) is 0 Å². The number of hydrogen-bond acceptors (Lipinski definition) is 4. The summed E-state index contributed by atoms with van der Waals surface area (Å²) in [5.74, 6) is 1.65. The molecule has 1 aromatic heterocycles. The molecule has 0 saturated carbocycles. The number of nitrogens with zero attached hydrogens (tertiary/aromatic N) is 3. The predicted octanol–water partition coefficient (Wildman–Crippen LogP) is 4.41. The molecule has 1 fully saturated rings. The number of likely N-dealkylation sites (tertiary alicyclic amines) is 1. The standard InChI is InChI=1S/C23H31N3O2/c1-17(2)22-25-24-20(28-22)11-12-21(27)26-15-7-14-23(16-26)13-6-5-9-18-8-3-4-10-19(18)23/h3-4,8,10,17H,5-7,9,11-16H2,1-2H3. The van der Waals surface area contributed by atoms with Gasteiger partial charge < -0.3 is 9.32 Å². The van der Waals surface area contributed by atoms with Crippen LogP contribution in [0.4, 0.5) is 0 Å². The van der Waals surface area contributed by atoms with Crippen LogP contribution in [-0.4, -0.2) is 34.1 Å². The smallest absolute Gasteiger partial charge is 0.223 e. The summed E-state index contributed by atoms with van der Waals surface area (Å²) in [5, 5.41) is 8.16. The molecule has 1 amide bonds. The lowest BCUT2D eigenvalue weighted by molar-refractivity contribution is -0.133. The van der Waals surface area contributed by atoms with E-state index in [0.717, 1.165) is 19.5 Å². The van der Waals surface area contributed by atoms with E-state index >= 15 is 0 Å². The van der Waals surface area contributed by atoms with Gasteiger partial charge in [-0.1, -0.05) is 44.5 Å². The number of carbonyl (C=O) groups excluding carboxylic acids is 1. The monoisotopic (exact) mass is 381 g/mol. The predicted molar refractivity (Wildman–Crippen MR) is 108 cm³/mol. The van der Waals surface area contributed by atoms with Crippen molar-refractivity contribution in [2.45, 2.75) is 76.5 Å². The average Bonchev–Trinajstić information content (AvgIpc) is 3.13. The molecule has 1 atom stereocenters. The molecule has 1 saturated heterocycles. The molecule has 1 spiro atoms. The van der Waals surface area contributed by atoms with E-state index in [4.69, 9.17) is 4.42 Å². The first-order valence-electron chi connectivity index (χ1n) is 10.8. The molecule has 0 radical (unpaired) electrons. The number of carbonyl (C=O) groups is 1. The minimum Gasteiger partial charge on any atom is -0.425 e. The zero-order valence-corrected chi connectivity index (χ0v) is 17.1. The summed E-state index contributed by atoms with van der Waals surface area (Å²) < 4.78 is 5.66. The topological polar surface area (TPSA) is 59.2 Å². The maximum Gasteiger partial charge on any atom is 0.223 e. The fourth-order valence-electron chi connectivity index (χ4n) is 4.91. The molecule has 2 aliphatic rings. The average molecular weight is 382 g/mol. The van der Waals surface area contributed by atoms with E-state index in [1.165, 1.54) is 43.2 Å². The summed E-state index contributed by atoms with van der Waals surface area (Å²) >= 11 is 0. The second-order valence-electron chi connectivity index (χ2n) is 8.75. The zero-order chi connectivity index (χ0) is 19.6. The number of benzene rings is 1. The molecule has 1 aliphatic carbocycles. The lowest BCUT2D eigenvalue weighted by Gasteiger charge is -2.44. The molecule has 5 nitrogen and oxygen atoms in total. The van der Waals surface area contributed by atoms with E-state index in [9.17, 15) is 4.79 Å². The Kier molecular flexibility index (Phi) is 5.51. The summed E-state index contributed by atoms with van der Waals surface area (Å²) in [7, 11) is 0.